The van der Waals surface area contributed by atoms with Gasteiger partial charge in [0.15, 0.2) is 0 Å². The Morgan fingerprint density at radius 2 is 2.32 bits per heavy atom. The molecule has 0 bridgehead atoms. The van der Waals surface area contributed by atoms with Crippen LogP contribution in [-0.4, -0.2) is 42.3 Å². The number of hydrogen-bond donors (Lipinski definition) is 2. The summed E-state index contributed by atoms with van der Waals surface area (Å²) in [5.74, 6) is 0.619. The first-order valence-corrected chi connectivity index (χ1v) is 6.88. The maximum atomic E-state index is 12.1. The van der Waals surface area contributed by atoms with Crippen molar-refractivity contribution in [1.82, 2.24) is 4.90 Å². The summed E-state index contributed by atoms with van der Waals surface area (Å²) in [7, 11) is 1.57. The van der Waals surface area contributed by atoms with Crippen LogP contribution in [0.4, 0.5) is 10.5 Å². The number of ether oxygens (including phenoxy) is 1. The predicted octanol–water partition coefficient (Wildman–Crippen LogP) is 2.36. The van der Waals surface area contributed by atoms with Gasteiger partial charge in [0, 0.05) is 17.6 Å². The molecule has 19 heavy (non-hydrogen) atoms. The summed E-state index contributed by atoms with van der Waals surface area (Å²) in [5, 5.41) is 12.3. The number of aliphatic hydroxyl groups excluding tert-OH is 1. The monoisotopic (exact) mass is 328 g/mol. The lowest BCUT2D eigenvalue weighted by Gasteiger charge is -2.18. The number of carbonyl (C=O) groups excluding carboxylic acids is 1. The van der Waals surface area contributed by atoms with E-state index in [1.165, 1.54) is 0 Å². The van der Waals surface area contributed by atoms with Gasteiger partial charge in [0.2, 0.25) is 0 Å². The van der Waals surface area contributed by atoms with E-state index in [4.69, 9.17) is 4.74 Å². The SMILES string of the molecule is COc1cc(C)c(Br)cc1NC(=O)N1CCC(O)C1. The van der Waals surface area contributed by atoms with Crippen molar-refractivity contribution >= 4 is 27.6 Å². The molecule has 1 unspecified atom stereocenters. The minimum Gasteiger partial charge on any atom is -0.495 e. The number of rotatable bonds is 2. The number of nitrogens with one attached hydrogen (secondary N) is 1. The van der Waals surface area contributed by atoms with E-state index in [1.807, 2.05) is 19.1 Å². The van der Waals surface area contributed by atoms with Crippen molar-refractivity contribution in [3.05, 3.63) is 22.2 Å². The van der Waals surface area contributed by atoms with E-state index in [-0.39, 0.29) is 6.03 Å². The van der Waals surface area contributed by atoms with Gasteiger partial charge >= 0.3 is 6.03 Å². The fraction of sp³-hybridized carbons (Fsp3) is 0.462. The molecule has 0 saturated carbocycles. The fourth-order valence-electron chi connectivity index (χ4n) is 2.04. The molecule has 1 atom stereocenters. The molecule has 1 aromatic rings. The molecule has 2 rings (SSSR count). The number of aliphatic hydroxyl groups is 1. The number of benzene rings is 1. The topological polar surface area (TPSA) is 61.8 Å². The highest BCUT2D eigenvalue weighted by Gasteiger charge is 2.25. The predicted molar refractivity (Wildman–Crippen MR) is 76.6 cm³/mol. The summed E-state index contributed by atoms with van der Waals surface area (Å²) in [5.41, 5.74) is 1.65. The molecule has 0 spiro atoms. The molecule has 2 amide bonds. The van der Waals surface area contributed by atoms with Crippen LogP contribution in [-0.2, 0) is 0 Å². The highest BCUT2D eigenvalue weighted by Crippen LogP contribution is 2.31. The van der Waals surface area contributed by atoms with Crippen LogP contribution in [0.2, 0.25) is 0 Å². The maximum Gasteiger partial charge on any atom is 0.322 e. The zero-order chi connectivity index (χ0) is 14.0. The third-order valence-electron chi connectivity index (χ3n) is 3.17. The lowest BCUT2D eigenvalue weighted by atomic mass is 10.2. The van der Waals surface area contributed by atoms with Gasteiger partial charge in [0.05, 0.1) is 18.9 Å². The van der Waals surface area contributed by atoms with E-state index in [1.54, 1.807) is 12.0 Å². The lowest BCUT2D eigenvalue weighted by Crippen LogP contribution is -2.33. The lowest BCUT2D eigenvalue weighted by molar-refractivity contribution is 0.176. The summed E-state index contributed by atoms with van der Waals surface area (Å²) in [6.07, 6.45) is 0.208. The normalized spacial score (nSPS) is 18.5. The van der Waals surface area contributed by atoms with Crippen molar-refractivity contribution in [3.63, 3.8) is 0 Å². The summed E-state index contributed by atoms with van der Waals surface area (Å²) in [6.45, 7) is 2.90. The van der Waals surface area contributed by atoms with Crippen LogP contribution in [0.1, 0.15) is 12.0 Å². The van der Waals surface area contributed by atoms with E-state index < -0.39 is 6.10 Å². The summed E-state index contributed by atoms with van der Waals surface area (Å²) >= 11 is 3.43. The highest BCUT2D eigenvalue weighted by molar-refractivity contribution is 9.10. The Kier molecular flexibility index (Phi) is 4.31. The quantitative estimate of drug-likeness (QED) is 0.876. The fourth-order valence-corrected chi connectivity index (χ4v) is 2.39. The van der Waals surface area contributed by atoms with E-state index in [0.717, 1.165) is 10.0 Å². The number of carbonyl (C=O) groups is 1. The number of hydrogen-bond acceptors (Lipinski definition) is 3. The smallest absolute Gasteiger partial charge is 0.322 e. The minimum absolute atomic E-state index is 0.217. The number of anilines is 1. The van der Waals surface area contributed by atoms with Gasteiger partial charge in [-0.1, -0.05) is 15.9 Å². The van der Waals surface area contributed by atoms with E-state index in [2.05, 4.69) is 21.2 Å². The Hall–Kier alpha value is -1.27. The molecule has 2 N–H and O–H groups in total. The van der Waals surface area contributed by atoms with Crippen LogP contribution >= 0.6 is 15.9 Å². The Labute approximate surface area is 120 Å². The first-order valence-electron chi connectivity index (χ1n) is 6.09. The van der Waals surface area contributed by atoms with Crippen molar-refractivity contribution in [2.45, 2.75) is 19.4 Å². The van der Waals surface area contributed by atoms with Crippen LogP contribution in [0, 0.1) is 6.92 Å². The summed E-state index contributed by atoms with van der Waals surface area (Å²) in [6, 6.07) is 3.46. The second-order valence-corrected chi connectivity index (χ2v) is 5.47. The standard InChI is InChI=1S/C13H17BrN2O3/c1-8-5-12(19-2)11(6-10(8)14)15-13(18)16-4-3-9(17)7-16/h5-6,9,17H,3-4,7H2,1-2H3,(H,15,18). The van der Waals surface area contributed by atoms with Gasteiger partial charge in [0.25, 0.3) is 0 Å². The molecule has 1 aromatic carbocycles. The second-order valence-electron chi connectivity index (χ2n) is 4.62. The highest BCUT2D eigenvalue weighted by atomic mass is 79.9. The number of aryl methyl sites for hydroxylation is 1. The van der Waals surface area contributed by atoms with Gasteiger partial charge < -0.3 is 20.1 Å². The van der Waals surface area contributed by atoms with E-state index >= 15 is 0 Å². The summed E-state index contributed by atoms with van der Waals surface area (Å²) < 4.78 is 6.17. The number of nitrogens with zero attached hydrogens (tertiary/aromatic N) is 1. The first-order chi connectivity index (χ1) is 9.01. The molecule has 1 aliphatic heterocycles. The molecule has 104 valence electrons. The van der Waals surface area contributed by atoms with E-state index in [0.29, 0.717) is 30.9 Å². The van der Waals surface area contributed by atoms with Gasteiger partial charge in [-0.15, -0.1) is 0 Å². The van der Waals surface area contributed by atoms with E-state index in [9.17, 15) is 9.90 Å². The average molecular weight is 329 g/mol. The molecule has 1 fully saturated rings. The number of likely N-dealkylation sites (tertiary alicyclic amines) is 1. The Bertz CT molecular complexity index is 493. The number of halogens is 1. The van der Waals surface area contributed by atoms with Gasteiger partial charge in [0.1, 0.15) is 5.75 Å². The molecule has 0 aromatic heterocycles. The first kappa shape index (κ1) is 14.1. The van der Waals surface area contributed by atoms with Crippen molar-refractivity contribution < 1.29 is 14.6 Å². The number of amides is 2. The maximum absolute atomic E-state index is 12.1. The zero-order valence-electron chi connectivity index (χ0n) is 10.9. The third kappa shape index (κ3) is 3.19. The Morgan fingerprint density at radius 3 is 2.89 bits per heavy atom. The van der Waals surface area contributed by atoms with Crippen LogP contribution in [0.25, 0.3) is 0 Å². The molecule has 0 radical (unpaired) electrons. The van der Waals surface area contributed by atoms with Crippen LogP contribution in [0.15, 0.2) is 16.6 Å². The Balaban J connectivity index is 2.14. The van der Waals surface area contributed by atoms with Crippen molar-refractivity contribution in [2.24, 2.45) is 0 Å². The molecule has 5 nitrogen and oxygen atoms in total. The van der Waals surface area contributed by atoms with Crippen molar-refractivity contribution in [2.75, 3.05) is 25.5 Å². The largest absolute Gasteiger partial charge is 0.495 e. The summed E-state index contributed by atoms with van der Waals surface area (Å²) in [4.78, 5) is 13.7. The zero-order valence-corrected chi connectivity index (χ0v) is 12.5. The molecular formula is C13H17BrN2O3. The molecule has 0 aliphatic carbocycles. The molecule has 1 heterocycles. The van der Waals surface area contributed by atoms with Crippen molar-refractivity contribution in [3.8, 4) is 5.75 Å². The second kappa shape index (κ2) is 5.79. The molecule has 6 heteroatoms. The van der Waals surface area contributed by atoms with Gasteiger partial charge in [-0.2, -0.15) is 0 Å². The third-order valence-corrected chi connectivity index (χ3v) is 4.03. The van der Waals surface area contributed by atoms with Crippen LogP contribution in [0.3, 0.4) is 0 Å². The number of methoxy groups -OCH3 is 1. The van der Waals surface area contributed by atoms with Gasteiger partial charge in [-0.25, -0.2) is 4.79 Å². The van der Waals surface area contributed by atoms with Crippen LogP contribution < -0.4 is 10.1 Å². The van der Waals surface area contributed by atoms with Crippen molar-refractivity contribution in [1.29, 1.82) is 0 Å². The molecule has 1 saturated heterocycles. The number of β-amino-alcohol motifs (C(OH)–C–C–N with tert-alkyl or cyclic N) is 1. The molecular weight excluding hydrogens is 312 g/mol. The minimum atomic E-state index is -0.419. The average Bonchev–Trinajstić information content (AvgIpc) is 2.80. The Morgan fingerprint density at radius 1 is 1.58 bits per heavy atom. The van der Waals surface area contributed by atoms with Crippen LogP contribution in [0.5, 0.6) is 5.75 Å². The van der Waals surface area contributed by atoms with Gasteiger partial charge in [-0.05, 0) is 31.0 Å². The number of urea groups is 1. The molecule has 1 aliphatic rings. The van der Waals surface area contributed by atoms with Gasteiger partial charge in [-0.3, -0.25) is 0 Å².